The van der Waals surface area contributed by atoms with E-state index in [0.717, 1.165) is 18.7 Å². The second-order valence-corrected chi connectivity index (χ2v) is 8.72. The number of methoxy groups -OCH3 is 1. The summed E-state index contributed by atoms with van der Waals surface area (Å²) in [6.07, 6.45) is 0. The molecule has 2 aromatic rings. The van der Waals surface area contributed by atoms with Gasteiger partial charge in [-0.25, -0.2) is 9.18 Å². The van der Waals surface area contributed by atoms with Gasteiger partial charge in [0.25, 0.3) is 0 Å². The molecular weight excluding hydrogens is 377 g/mol. The van der Waals surface area contributed by atoms with Crippen LogP contribution in [-0.2, 0) is 6.54 Å². The van der Waals surface area contributed by atoms with Crippen LogP contribution in [0.4, 0.5) is 9.18 Å². The normalized spacial score (nSPS) is 16.1. The molecule has 0 radical (unpaired) electrons. The highest BCUT2D eigenvalue weighted by atomic mass is 32.1. The zero-order chi connectivity index (χ0) is 20.3. The number of hydrogen-bond donors (Lipinski definition) is 1. The molecule has 0 aliphatic carbocycles. The largest absolute Gasteiger partial charge is 0.496 e. The highest BCUT2D eigenvalue weighted by Crippen LogP contribution is 2.26. The second-order valence-electron chi connectivity index (χ2n) is 7.26. The molecule has 1 saturated heterocycles. The minimum absolute atomic E-state index is 0.00738. The Morgan fingerprint density at radius 2 is 1.96 bits per heavy atom. The number of aryl methyl sites for hydroxylation is 2. The van der Waals surface area contributed by atoms with Crippen LogP contribution in [0.25, 0.3) is 0 Å². The summed E-state index contributed by atoms with van der Waals surface area (Å²) in [7, 11) is 1.59. The van der Waals surface area contributed by atoms with E-state index in [9.17, 15) is 9.18 Å². The molecular formula is C21H28FN3O2S. The third-order valence-corrected chi connectivity index (χ3v) is 6.16. The Morgan fingerprint density at radius 3 is 2.57 bits per heavy atom. The fourth-order valence-corrected chi connectivity index (χ4v) is 4.68. The molecule has 1 aliphatic heterocycles. The number of nitrogens with one attached hydrogen (secondary N) is 1. The maximum atomic E-state index is 13.6. The molecule has 1 fully saturated rings. The van der Waals surface area contributed by atoms with E-state index in [-0.39, 0.29) is 17.9 Å². The van der Waals surface area contributed by atoms with E-state index >= 15 is 0 Å². The molecule has 0 saturated carbocycles. The van der Waals surface area contributed by atoms with E-state index in [1.807, 2.05) is 11.8 Å². The van der Waals surface area contributed by atoms with Crippen molar-refractivity contribution in [3.8, 4) is 5.75 Å². The third-order valence-electron chi connectivity index (χ3n) is 5.18. The molecule has 1 N–H and O–H groups in total. The van der Waals surface area contributed by atoms with E-state index in [1.165, 1.54) is 27.5 Å². The molecule has 5 nitrogen and oxygen atoms in total. The predicted molar refractivity (Wildman–Crippen MR) is 111 cm³/mol. The molecule has 1 unspecified atom stereocenters. The summed E-state index contributed by atoms with van der Waals surface area (Å²) in [5, 5.41) is 3.12. The van der Waals surface area contributed by atoms with Gasteiger partial charge in [-0.15, -0.1) is 11.3 Å². The topological polar surface area (TPSA) is 44.8 Å². The lowest BCUT2D eigenvalue weighted by atomic mass is 10.1. The molecule has 1 aromatic carbocycles. The zero-order valence-corrected chi connectivity index (χ0v) is 17.7. The first-order chi connectivity index (χ1) is 13.4. The van der Waals surface area contributed by atoms with Crippen molar-refractivity contribution < 1.29 is 13.9 Å². The van der Waals surface area contributed by atoms with Crippen LogP contribution < -0.4 is 10.1 Å². The summed E-state index contributed by atoms with van der Waals surface area (Å²) >= 11 is 1.76. The summed E-state index contributed by atoms with van der Waals surface area (Å²) in [5.41, 5.74) is 2.02. The van der Waals surface area contributed by atoms with E-state index in [1.54, 1.807) is 24.5 Å². The van der Waals surface area contributed by atoms with Gasteiger partial charge in [0.1, 0.15) is 11.6 Å². The Balaban J connectivity index is 1.53. The molecule has 0 spiro atoms. The van der Waals surface area contributed by atoms with Crippen LogP contribution in [0.1, 0.15) is 33.8 Å². The van der Waals surface area contributed by atoms with Gasteiger partial charge in [-0.1, -0.05) is 0 Å². The minimum Gasteiger partial charge on any atom is -0.496 e. The number of thiophene rings is 1. The van der Waals surface area contributed by atoms with Crippen molar-refractivity contribution >= 4 is 17.4 Å². The fourth-order valence-electron chi connectivity index (χ4n) is 3.66. The molecule has 152 valence electrons. The van der Waals surface area contributed by atoms with Gasteiger partial charge in [0.2, 0.25) is 0 Å². The fraction of sp³-hybridized carbons (Fsp3) is 0.476. The van der Waals surface area contributed by atoms with Gasteiger partial charge in [0, 0.05) is 48.0 Å². The summed E-state index contributed by atoms with van der Waals surface area (Å²) < 4.78 is 18.9. The number of ether oxygens (including phenoxy) is 1. The first kappa shape index (κ1) is 20.6. The Hall–Kier alpha value is -2.12. The molecule has 28 heavy (non-hydrogen) atoms. The number of piperazine rings is 1. The Bertz CT molecular complexity index is 831. The van der Waals surface area contributed by atoms with Crippen molar-refractivity contribution in [3.05, 3.63) is 51.0 Å². The molecule has 2 amide bonds. The number of benzene rings is 1. The summed E-state index contributed by atoms with van der Waals surface area (Å²) in [5.74, 6) is 0.429. The number of carbonyl (C=O) groups is 1. The quantitative estimate of drug-likeness (QED) is 0.815. The first-order valence-corrected chi connectivity index (χ1v) is 10.4. The summed E-state index contributed by atoms with van der Waals surface area (Å²) in [6, 6.07) is 6.69. The Kier molecular flexibility index (Phi) is 6.57. The van der Waals surface area contributed by atoms with Gasteiger partial charge in [0.05, 0.1) is 13.2 Å². The van der Waals surface area contributed by atoms with Crippen molar-refractivity contribution in [1.82, 2.24) is 15.1 Å². The summed E-state index contributed by atoms with van der Waals surface area (Å²) in [6.45, 7) is 9.61. The van der Waals surface area contributed by atoms with Gasteiger partial charge < -0.3 is 15.0 Å². The molecule has 1 aliphatic rings. The molecule has 1 aromatic heterocycles. The van der Waals surface area contributed by atoms with E-state index < -0.39 is 0 Å². The lowest BCUT2D eigenvalue weighted by Gasteiger charge is -2.35. The number of nitrogens with zero attached hydrogens (tertiary/aromatic N) is 2. The maximum Gasteiger partial charge on any atom is 0.317 e. The number of carbonyl (C=O) groups excluding carboxylic acids is 1. The zero-order valence-electron chi connectivity index (χ0n) is 16.9. The SMILES string of the molecule is COc1ccc(F)cc1CN1CCN(C(=O)NC(C)c2cc(C)sc2C)CC1. The molecule has 3 rings (SSSR count). The van der Waals surface area contributed by atoms with E-state index in [0.29, 0.717) is 25.4 Å². The predicted octanol–water partition coefficient (Wildman–Crippen LogP) is 4.10. The van der Waals surface area contributed by atoms with Crippen molar-refractivity contribution in [3.63, 3.8) is 0 Å². The van der Waals surface area contributed by atoms with E-state index in [4.69, 9.17) is 4.74 Å². The van der Waals surface area contributed by atoms with Crippen LogP contribution >= 0.6 is 11.3 Å². The standard InChI is InChI=1S/C21H28FN3O2S/c1-14-11-19(16(3)28-14)15(2)23-21(26)25-9-7-24(8-10-25)13-17-12-18(22)5-6-20(17)27-4/h5-6,11-12,15H,7-10,13H2,1-4H3,(H,23,26). The smallest absolute Gasteiger partial charge is 0.317 e. The average Bonchev–Trinajstić information content (AvgIpc) is 3.01. The number of rotatable bonds is 5. The Labute approximate surface area is 170 Å². The van der Waals surface area contributed by atoms with Crippen molar-refractivity contribution in [2.24, 2.45) is 0 Å². The van der Waals surface area contributed by atoms with Gasteiger partial charge in [-0.05, 0) is 50.6 Å². The van der Waals surface area contributed by atoms with Gasteiger partial charge in [-0.2, -0.15) is 0 Å². The van der Waals surface area contributed by atoms with Gasteiger partial charge in [-0.3, -0.25) is 4.90 Å². The van der Waals surface area contributed by atoms with Crippen LogP contribution in [0, 0.1) is 19.7 Å². The first-order valence-electron chi connectivity index (χ1n) is 9.54. The van der Waals surface area contributed by atoms with Gasteiger partial charge in [0.15, 0.2) is 0 Å². The Morgan fingerprint density at radius 1 is 1.25 bits per heavy atom. The highest BCUT2D eigenvalue weighted by molar-refractivity contribution is 7.12. The lowest BCUT2D eigenvalue weighted by Crippen LogP contribution is -2.51. The highest BCUT2D eigenvalue weighted by Gasteiger charge is 2.24. The van der Waals surface area contributed by atoms with Crippen molar-refractivity contribution in [1.29, 1.82) is 0 Å². The maximum absolute atomic E-state index is 13.6. The summed E-state index contributed by atoms with van der Waals surface area (Å²) in [4.78, 5) is 19.2. The molecule has 1 atom stereocenters. The minimum atomic E-state index is -0.262. The number of amides is 2. The second kappa shape index (κ2) is 8.92. The lowest BCUT2D eigenvalue weighted by molar-refractivity contribution is 0.133. The number of hydrogen-bond acceptors (Lipinski definition) is 4. The van der Waals surface area contributed by atoms with Crippen LogP contribution in [0.3, 0.4) is 0 Å². The monoisotopic (exact) mass is 405 g/mol. The van der Waals surface area contributed by atoms with Crippen LogP contribution in [0.15, 0.2) is 24.3 Å². The number of halogens is 1. The number of urea groups is 1. The third kappa shape index (κ3) is 4.83. The van der Waals surface area contributed by atoms with Crippen LogP contribution in [0.5, 0.6) is 5.75 Å². The van der Waals surface area contributed by atoms with E-state index in [2.05, 4.69) is 30.1 Å². The molecule has 2 heterocycles. The van der Waals surface area contributed by atoms with Crippen molar-refractivity contribution in [2.45, 2.75) is 33.4 Å². The average molecular weight is 406 g/mol. The van der Waals surface area contributed by atoms with Crippen LogP contribution in [0.2, 0.25) is 0 Å². The van der Waals surface area contributed by atoms with Crippen molar-refractivity contribution in [2.75, 3.05) is 33.3 Å². The van der Waals surface area contributed by atoms with Crippen LogP contribution in [-0.4, -0.2) is 49.1 Å². The van der Waals surface area contributed by atoms with Gasteiger partial charge >= 0.3 is 6.03 Å². The molecule has 0 bridgehead atoms. The molecule has 7 heteroatoms.